The lowest BCUT2D eigenvalue weighted by atomic mass is 10.1. The maximum atomic E-state index is 13.1. The highest BCUT2D eigenvalue weighted by Crippen LogP contribution is 2.35. The summed E-state index contributed by atoms with van der Waals surface area (Å²) < 4.78 is 11.4. The van der Waals surface area contributed by atoms with E-state index in [9.17, 15) is 14.4 Å². The van der Waals surface area contributed by atoms with Crippen LogP contribution in [0.4, 0.5) is 10.5 Å². The molecular weight excluding hydrogens is 585 g/mol. The number of halogens is 2. The molecule has 2 saturated heterocycles. The number of carbonyl (C=O) groups is 3. The predicted molar refractivity (Wildman–Crippen MR) is 162 cm³/mol. The van der Waals surface area contributed by atoms with Crippen LogP contribution in [-0.2, 0) is 16.2 Å². The Hall–Kier alpha value is -3.66. The summed E-state index contributed by atoms with van der Waals surface area (Å²) >= 11 is 12.9. The average molecular weight is 613 g/mol. The number of carbonyl (C=O) groups excluding carboxylic acids is 3. The Bertz CT molecular complexity index is 1490. The van der Waals surface area contributed by atoms with Crippen molar-refractivity contribution >= 4 is 63.8 Å². The largest absolute Gasteiger partial charge is 0.493 e. The Balaban J connectivity index is 1.19. The molecule has 2 fully saturated rings. The van der Waals surface area contributed by atoms with Crippen molar-refractivity contribution in [3.63, 3.8) is 0 Å². The van der Waals surface area contributed by atoms with Crippen LogP contribution >= 0.6 is 35.0 Å². The first-order valence-corrected chi connectivity index (χ1v) is 14.5. The van der Waals surface area contributed by atoms with E-state index in [0.717, 1.165) is 27.9 Å². The normalized spacial score (nSPS) is 16.5. The van der Waals surface area contributed by atoms with Gasteiger partial charge in [0, 0.05) is 31.9 Å². The van der Waals surface area contributed by atoms with Crippen LogP contribution in [0.3, 0.4) is 0 Å². The van der Waals surface area contributed by atoms with Gasteiger partial charge in [0.15, 0.2) is 11.5 Å². The molecule has 3 aromatic carbocycles. The number of methoxy groups -OCH3 is 1. The number of hydrogen-bond acceptors (Lipinski definition) is 7. The van der Waals surface area contributed by atoms with Gasteiger partial charge in [0.05, 0.1) is 22.1 Å². The number of piperazine rings is 1. The minimum atomic E-state index is -0.491. The standard InChI is InChI=1S/C30H27Cl2N3O5S/c1-39-26-16-20(8-10-25(26)40-19-21-7-9-23(31)24(32)15-21)17-27-29(37)35(30(38)41-27)18-28(36)34-13-11-33(12-14-34)22-5-3-2-4-6-22/h2-10,15-17H,11-14,18-19H2,1H3/b27-17+. The fourth-order valence-corrected chi connectivity index (χ4v) is 5.72. The van der Waals surface area contributed by atoms with Gasteiger partial charge in [-0.15, -0.1) is 0 Å². The number of hydrogen-bond donors (Lipinski definition) is 0. The van der Waals surface area contributed by atoms with Crippen LogP contribution in [0.5, 0.6) is 11.5 Å². The molecule has 0 radical (unpaired) electrons. The first kappa shape index (κ1) is 28.9. The van der Waals surface area contributed by atoms with Crippen molar-refractivity contribution in [2.75, 3.05) is 44.7 Å². The third kappa shape index (κ3) is 6.81. The molecule has 0 bridgehead atoms. The Kier molecular flexibility index (Phi) is 9.07. The minimum absolute atomic E-state index is 0.239. The van der Waals surface area contributed by atoms with E-state index in [2.05, 4.69) is 4.90 Å². The molecule has 3 aromatic rings. The summed E-state index contributed by atoms with van der Waals surface area (Å²) in [7, 11) is 1.52. The van der Waals surface area contributed by atoms with Crippen molar-refractivity contribution in [3.8, 4) is 11.5 Å². The number of anilines is 1. The van der Waals surface area contributed by atoms with Crippen LogP contribution in [0.25, 0.3) is 6.08 Å². The van der Waals surface area contributed by atoms with Gasteiger partial charge in [0.25, 0.3) is 11.1 Å². The van der Waals surface area contributed by atoms with E-state index >= 15 is 0 Å². The first-order chi connectivity index (χ1) is 19.8. The van der Waals surface area contributed by atoms with Gasteiger partial charge in [-0.05, 0) is 65.4 Å². The lowest BCUT2D eigenvalue weighted by molar-refractivity contribution is -0.136. The van der Waals surface area contributed by atoms with E-state index in [1.165, 1.54) is 7.11 Å². The van der Waals surface area contributed by atoms with Gasteiger partial charge in [0.2, 0.25) is 5.91 Å². The highest BCUT2D eigenvalue weighted by molar-refractivity contribution is 8.18. The summed E-state index contributed by atoms with van der Waals surface area (Å²) in [6.45, 7) is 2.40. The third-order valence-electron chi connectivity index (χ3n) is 6.78. The Labute approximate surface area is 252 Å². The maximum Gasteiger partial charge on any atom is 0.294 e. The number of imide groups is 1. The Morgan fingerprint density at radius 2 is 1.68 bits per heavy atom. The maximum absolute atomic E-state index is 13.1. The molecule has 2 heterocycles. The fourth-order valence-electron chi connectivity index (χ4n) is 4.56. The quantitative estimate of drug-likeness (QED) is 0.290. The Morgan fingerprint density at radius 3 is 2.39 bits per heavy atom. The molecular formula is C30H27Cl2N3O5S. The van der Waals surface area contributed by atoms with E-state index in [-0.39, 0.29) is 24.0 Å². The summed E-state index contributed by atoms with van der Waals surface area (Å²) in [5.41, 5.74) is 2.60. The zero-order chi connectivity index (χ0) is 28.9. The molecule has 8 nitrogen and oxygen atoms in total. The highest BCUT2D eigenvalue weighted by Gasteiger charge is 2.37. The van der Waals surface area contributed by atoms with Gasteiger partial charge < -0.3 is 19.3 Å². The minimum Gasteiger partial charge on any atom is -0.493 e. The zero-order valence-electron chi connectivity index (χ0n) is 22.2. The molecule has 0 aliphatic carbocycles. The van der Waals surface area contributed by atoms with E-state index in [4.69, 9.17) is 32.7 Å². The number of thioether (sulfide) groups is 1. The van der Waals surface area contributed by atoms with E-state index in [1.54, 1.807) is 41.3 Å². The second-order valence-electron chi connectivity index (χ2n) is 9.42. The first-order valence-electron chi connectivity index (χ1n) is 12.9. The van der Waals surface area contributed by atoms with Gasteiger partial charge >= 0.3 is 0 Å². The lowest BCUT2D eigenvalue weighted by Gasteiger charge is -2.36. The number of amides is 3. The third-order valence-corrected chi connectivity index (χ3v) is 8.43. The predicted octanol–water partition coefficient (Wildman–Crippen LogP) is 5.97. The number of para-hydroxylation sites is 1. The molecule has 0 aromatic heterocycles. The number of benzene rings is 3. The van der Waals surface area contributed by atoms with Crippen LogP contribution in [-0.4, -0.2) is 66.7 Å². The van der Waals surface area contributed by atoms with Crippen LogP contribution in [0, 0.1) is 0 Å². The van der Waals surface area contributed by atoms with Crippen molar-refractivity contribution in [3.05, 3.63) is 92.8 Å². The van der Waals surface area contributed by atoms with Crippen LogP contribution < -0.4 is 14.4 Å². The van der Waals surface area contributed by atoms with Gasteiger partial charge in [-0.1, -0.05) is 53.5 Å². The van der Waals surface area contributed by atoms with E-state index in [1.807, 2.05) is 36.4 Å². The van der Waals surface area contributed by atoms with E-state index in [0.29, 0.717) is 53.3 Å². The molecule has 0 spiro atoms. The van der Waals surface area contributed by atoms with Gasteiger partial charge in [-0.2, -0.15) is 0 Å². The number of rotatable bonds is 8. The van der Waals surface area contributed by atoms with Crippen LogP contribution in [0.1, 0.15) is 11.1 Å². The Morgan fingerprint density at radius 1 is 0.927 bits per heavy atom. The monoisotopic (exact) mass is 611 g/mol. The highest BCUT2D eigenvalue weighted by atomic mass is 35.5. The van der Waals surface area contributed by atoms with Crippen molar-refractivity contribution in [2.24, 2.45) is 0 Å². The average Bonchev–Trinajstić information content (AvgIpc) is 3.25. The number of nitrogens with zero attached hydrogens (tertiary/aromatic N) is 3. The van der Waals surface area contributed by atoms with Crippen LogP contribution in [0.2, 0.25) is 10.0 Å². The van der Waals surface area contributed by atoms with Crippen molar-refractivity contribution in [1.29, 1.82) is 0 Å². The molecule has 2 aliphatic heterocycles. The second-order valence-corrected chi connectivity index (χ2v) is 11.2. The SMILES string of the molecule is COc1cc(/C=C2/SC(=O)N(CC(=O)N3CCN(c4ccccc4)CC3)C2=O)ccc1OCc1ccc(Cl)c(Cl)c1. The van der Waals surface area contributed by atoms with Gasteiger partial charge in [-0.3, -0.25) is 19.3 Å². The second kappa shape index (κ2) is 12.9. The van der Waals surface area contributed by atoms with Gasteiger partial charge in [0.1, 0.15) is 13.2 Å². The molecule has 0 atom stereocenters. The van der Waals surface area contributed by atoms with E-state index < -0.39 is 11.1 Å². The van der Waals surface area contributed by atoms with Gasteiger partial charge in [-0.25, -0.2) is 0 Å². The van der Waals surface area contributed by atoms with Crippen molar-refractivity contribution < 1.29 is 23.9 Å². The van der Waals surface area contributed by atoms with Crippen LogP contribution in [0.15, 0.2) is 71.6 Å². The van der Waals surface area contributed by atoms with Crippen molar-refractivity contribution in [1.82, 2.24) is 9.80 Å². The molecule has 41 heavy (non-hydrogen) atoms. The summed E-state index contributed by atoms with van der Waals surface area (Å²) in [5, 5.41) is 0.440. The molecule has 3 amide bonds. The molecule has 0 N–H and O–H groups in total. The molecule has 0 unspecified atom stereocenters. The summed E-state index contributed by atoms with van der Waals surface area (Å²) in [4.78, 5) is 43.9. The van der Waals surface area contributed by atoms with Crippen molar-refractivity contribution in [2.45, 2.75) is 6.61 Å². The molecule has 5 rings (SSSR count). The molecule has 0 saturated carbocycles. The zero-order valence-corrected chi connectivity index (χ0v) is 24.5. The lowest BCUT2D eigenvalue weighted by Crippen LogP contribution is -2.51. The summed E-state index contributed by atoms with van der Waals surface area (Å²) in [6, 6.07) is 20.5. The summed E-state index contributed by atoms with van der Waals surface area (Å²) in [5.74, 6) is 0.228. The summed E-state index contributed by atoms with van der Waals surface area (Å²) in [6.07, 6.45) is 1.61. The fraction of sp³-hybridized carbons (Fsp3) is 0.233. The topological polar surface area (TPSA) is 79.4 Å². The molecule has 212 valence electrons. The molecule has 2 aliphatic rings. The molecule has 11 heteroatoms. The smallest absolute Gasteiger partial charge is 0.294 e. The number of ether oxygens (including phenoxy) is 2.